The van der Waals surface area contributed by atoms with Gasteiger partial charge in [0.1, 0.15) is 35.1 Å². The Morgan fingerprint density at radius 3 is 2.19 bits per heavy atom. The van der Waals surface area contributed by atoms with Crippen LogP contribution in [0, 0.1) is 34.0 Å². The normalized spacial score (nSPS) is 14.6. The summed E-state index contributed by atoms with van der Waals surface area (Å²) < 4.78 is 5.77. The van der Waals surface area contributed by atoms with Crippen LogP contribution in [0.5, 0.6) is 5.75 Å². The largest absolute Gasteiger partial charge is 0.507 e. The van der Waals surface area contributed by atoms with Gasteiger partial charge >= 0.3 is 0 Å². The number of hydrogen-bond donors (Lipinski definition) is 1. The molecule has 1 aliphatic heterocycles. The van der Waals surface area contributed by atoms with E-state index in [0.29, 0.717) is 11.1 Å². The Kier molecular flexibility index (Phi) is 8.51. The Balaban J connectivity index is 2.40. The highest BCUT2D eigenvalue weighted by Crippen LogP contribution is 2.40. The Labute approximate surface area is 191 Å². The summed E-state index contributed by atoms with van der Waals surface area (Å²) in [5, 5.41) is 38.7. The van der Waals surface area contributed by atoms with Gasteiger partial charge in [-0.1, -0.05) is 38.8 Å². The smallest absolute Gasteiger partial charge is 0.172 e. The molecule has 1 heterocycles. The lowest BCUT2D eigenvalue weighted by Gasteiger charge is -2.25. The number of phenolic OH excluding ortho intramolecular Hbond substituents is 1. The topological polar surface area (TPSA) is 104 Å². The van der Waals surface area contributed by atoms with Gasteiger partial charge in [-0.05, 0) is 38.8 Å². The molecule has 0 radical (unpaired) electrons. The minimum atomic E-state index is -0.886. The lowest BCUT2D eigenvalue weighted by Crippen LogP contribution is -2.25. The highest BCUT2D eigenvalue weighted by molar-refractivity contribution is 5.68. The molecule has 6 heteroatoms. The van der Waals surface area contributed by atoms with Crippen molar-refractivity contribution in [3.63, 3.8) is 0 Å². The number of ether oxygens (including phenoxy) is 1. The van der Waals surface area contributed by atoms with E-state index in [-0.39, 0.29) is 22.7 Å². The molecule has 1 aromatic carbocycles. The maximum absolute atomic E-state index is 10.6. The second-order valence-corrected chi connectivity index (χ2v) is 8.21. The Morgan fingerprint density at radius 2 is 1.69 bits per heavy atom. The zero-order valence-electron chi connectivity index (χ0n) is 19.3. The fourth-order valence-electron chi connectivity index (χ4n) is 3.59. The van der Waals surface area contributed by atoms with Crippen LogP contribution >= 0.6 is 0 Å². The van der Waals surface area contributed by atoms with Gasteiger partial charge in [0, 0.05) is 36.0 Å². The summed E-state index contributed by atoms with van der Waals surface area (Å²) in [6.45, 7) is 9.77. The number of phenols is 1. The zero-order chi connectivity index (χ0) is 23.7. The molecular weight excluding hydrogens is 400 g/mol. The molecule has 0 bridgehead atoms. The van der Waals surface area contributed by atoms with Crippen LogP contribution < -0.4 is 4.90 Å². The molecule has 0 saturated carbocycles. The van der Waals surface area contributed by atoms with Gasteiger partial charge in [0.25, 0.3) is 0 Å². The third-order valence-electron chi connectivity index (χ3n) is 5.44. The Bertz CT molecular complexity index is 1030. The fourth-order valence-corrected chi connectivity index (χ4v) is 3.59. The highest BCUT2D eigenvalue weighted by atomic mass is 16.5. The van der Waals surface area contributed by atoms with Gasteiger partial charge in [-0.2, -0.15) is 15.8 Å². The molecule has 1 aromatic rings. The van der Waals surface area contributed by atoms with Crippen LogP contribution in [-0.2, 0) is 4.74 Å². The maximum Gasteiger partial charge on any atom is 0.172 e. The summed E-state index contributed by atoms with van der Waals surface area (Å²) in [6, 6.07) is 11.3. The Hall–Kier alpha value is -3.69. The van der Waals surface area contributed by atoms with Gasteiger partial charge < -0.3 is 14.7 Å². The van der Waals surface area contributed by atoms with Gasteiger partial charge in [-0.15, -0.1) is 0 Å². The van der Waals surface area contributed by atoms with E-state index >= 15 is 0 Å². The molecule has 0 saturated heterocycles. The third-order valence-corrected chi connectivity index (χ3v) is 5.44. The summed E-state index contributed by atoms with van der Waals surface area (Å²) in [7, 11) is 0. The third kappa shape index (κ3) is 5.51. The van der Waals surface area contributed by atoms with Gasteiger partial charge in [0.15, 0.2) is 11.3 Å². The second kappa shape index (κ2) is 11.1. The first-order valence-electron chi connectivity index (χ1n) is 11.0. The van der Waals surface area contributed by atoms with Crippen molar-refractivity contribution in [3.8, 4) is 24.0 Å². The van der Waals surface area contributed by atoms with E-state index in [1.54, 1.807) is 44.2 Å². The minimum Gasteiger partial charge on any atom is -0.507 e. The number of allylic oxidation sites excluding steroid dienone is 2. The Morgan fingerprint density at radius 1 is 1.06 bits per heavy atom. The summed E-state index contributed by atoms with van der Waals surface area (Å²) in [6.07, 6.45) is 7.84. The fraction of sp³-hybridized carbons (Fsp3) is 0.423. The van der Waals surface area contributed by atoms with Crippen molar-refractivity contribution in [2.45, 2.75) is 59.0 Å². The molecule has 0 unspecified atom stereocenters. The predicted molar refractivity (Wildman–Crippen MR) is 125 cm³/mol. The summed E-state index contributed by atoms with van der Waals surface area (Å²) in [5.41, 5.74) is 1.19. The summed E-state index contributed by atoms with van der Waals surface area (Å²) >= 11 is 0. The molecular formula is C26H30N4O2. The average Bonchev–Trinajstić information content (AvgIpc) is 3.03. The quantitative estimate of drug-likeness (QED) is 0.501. The van der Waals surface area contributed by atoms with Crippen LogP contribution in [0.15, 0.2) is 46.8 Å². The molecule has 0 amide bonds. The molecule has 1 N–H and O–H groups in total. The lowest BCUT2D eigenvalue weighted by atomic mass is 9.94. The van der Waals surface area contributed by atoms with Gasteiger partial charge in [-0.25, -0.2) is 0 Å². The zero-order valence-corrected chi connectivity index (χ0v) is 19.3. The minimum absolute atomic E-state index is 0.00390. The van der Waals surface area contributed by atoms with Gasteiger partial charge in [0.05, 0.1) is 0 Å². The SMILES string of the molecule is CCCCN(CCCC)c1ccc(/C=C/C2=C(C#N)C(=C(C#N)C#N)OC2(C)C)c(O)c1. The molecule has 0 spiro atoms. The number of benzene rings is 1. The number of nitriles is 3. The summed E-state index contributed by atoms with van der Waals surface area (Å²) in [4.78, 5) is 2.30. The molecule has 166 valence electrons. The summed E-state index contributed by atoms with van der Waals surface area (Å²) in [5.74, 6) is 0.155. The van der Waals surface area contributed by atoms with Crippen molar-refractivity contribution in [3.05, 3.63) is 52.3 Å². The van der Waals surface area contributed by atoms with Crippen molar-refractivity contribution in [1.82, 2.24) is 0 Å². The van der Waals surface area contributed by atoms with E-state index in [1.807, 2.05) is 12.1 Å². The first-order chi connectivity index (χ1) is 15.3. The van der Waals surface area contributed by atoms with Gasteiger partial charge in [-0.3, -0.25) is 0 Å². The number of hydrogen-bond acceptors (Lipinski definition) is 6. The monoisotopic (exact) mass is 430 g/mol. The van der Waals surface area contributed by atoms with Crippen molar-refractivity contribution >= 4 is 11.8 Å². The number of aromatic hydroxyl groups is 1. The first-order valence-corrected chi connectivity index (χ1v) is 11.0. The maximum atomic E-state index is 10.6. The van der Waals surface area contributed by atoms with Crippen molar-refractivity contribution < 1.29 is 9.84 Å². The van der Waals surface area contributed by atoms with Crippen molar-refractivity contribution in [2.75, 3.05) is 18.0 Å². The first kappa shape index (κ1) is 24.6. The molecule has 0 aliphatic carbocycles. The standard InChI is InChI=1S/C26H30N4O2/c1-5-7-13-30(14-8-6-2)21-11-9-19(24(31)15-21)10-12-23-22(18-29)25(20(16-27)17-28)32-26(23,3)4/h9-12,15,31H,5-8,13-14H2,1-4H3/b12-10+. The van der Waals surface area contributed by atoms with Crippen molar-refractivity contribution in [1.29, 1.82) is 15.8 Å². The van der Waals surface area contributed by atoms with Crippen molar-refractivity contribution in [2.24, 2.45) is 0 Å². The predicted octanol–water partition coefficient (Wildman–Crippen LogP) is 5.74. The van der Waals surface area contributed by atoms with Crippen LogP contribution in [0.1, 0.15) is 58.9 Å². The van der Waals surface area contributed by atoms with Crippen LogP contribution in [0.4, 0.5) is 5.69 Å². The van der Waals surface area contributed by atoms with E-state index in [2.05, 4.69) is 24.8 Å². The molecule has 32 heavy (non-hydrogen) atoms. The van der Waals surface area contributed by atoms with E-state index < -0.39 is 5.60 Å². The van der Waals surface area contributed by atoms with E-state index in [0.717, 1.165) is 44.5 Å². The molecule has 2 rings (SSSR count). The van der Waals surface area contributed by atoms with Crippen LogP contribution in [0.2, 0.25) is 0 Å². The average molecular weight is 431 g/mol. The number of anilines is 1. The second-order valence-electron chi connectivity index (χ2n) is 8.21. The molecule has 0 fully saturated rings. The lowest BCUT2D eigenvalue weighted by molar-refractivity contribution is 0.0954. The molecule has 6 nitrogen and oxygen atoms in total. The highest BCUT2D eigenvalue weighted by Gasteiger charge is 2.38. The van der Waals surface area contributed by atoms with E-state index in [1.165, 1.54) is 0 Å². The van der Waals surface area contributed by atoms with Crippen LogP contribution in [0.25, 0.3) is 6.08 Å². The van der Waals surface area contributed by atoms with Crippen LogP contribution in [0.3, 0.4) is 0 Å². The van der Waals surface area contributed by atoms with Gasteiger partial charge in [0.2, 0.25) is 0 Å². The van der Waals surface area contributed by atoms with E-state index in [9.17, 15) is 20.9 Å². The number of rotatable bonds is 9. The number of nitrogens with zero attached hydrogens (tertiary/aromatic N) is 4. The number of unbranched alkanes of at least 4 members (excludes halogenated alkanes) is 2. The molecule has 0 aromatic heterocycles. The van der Waals surface area contributed by atoms with E-state index in [4.69, 9.17) is 4.74 Å². The van der Waals surface area contributed by atoms with Crippen LogP contribution in [-0.4, -0.2) is 23.8 Å². The molecule has 0 atom stereocenters. The molecule has 1 aliphatic rings.